The van der Waals surface area contributed by atoms with E-state index in [9.17, 15) is 4.91 Å². The lowest BCUT2D eigenvalue weighted by Crippen LogP contribution is -2.22. The molecular weight excluding hydrogens is 192 g/mol. The molecular formula is C7H6ClN4O+. The molecule has 1 aromatic carbocycles. The van der Waals surface area contributed by atoms with Gasteiger partial charge in [0.15, 0.2) is 4.54 Å². The maximum Gasteiger partial charge on any atom is 0.318 e. The number of halogens is 1. The molecule has 13 heavy (non-hydrogen) atoms. The van der Waals surface area contributed by atoms with E-state index in [4.69, 9.17) is 17.3 Å². The van der Waals surface area contributed by atoms with Gasteiger partial charge < -0.3 is 5.73 Å². The van der Waals surface area contributed by atoms with Crippen molar-refractivity contribution in [1.82, 2.24) is 10.1 Å². The molecule has 0 bridgehead atoms. The first-order valence-corrected chi connectivity index (χ1v) is 3.92. The minimum absolute atomic E-state index is 0.0600. The van der Waals surface area contributed by atoms with Crippen molar-refractivity contribution in [2.75, 3.05) is 5.73 Å². The van der Waals surface area contributed by atoms with E-state index in [1.165, 1.54) is 0 Å². The van der Waals surface area contributed by atoms with E-state index in [2.05, 4.69) is 10.1 Å². The normalized spacial score (nSPS) is 10.5. The molecule has 5 nitrogen and oxygen atoms in total. The second-order valence-electron chi connectivity index (χ2n) is 2.54. The zero-order valence-electron chi connectivity index (χ0n) is 6.49. The Labute approximate surface area is 77.7 Å². The van der Waals surface area contributed by atoms with Crippen molar-refractivity contribution in [3.8, 4) is 0 Å². The Bertz CT molecular complexity index is 516. The van der Waals surface area contributed by atoms with Crippen molar-refractivity contribution in [1.29, 1.82) is 0 Å². The summed E-state index contributed by atoms with van der Waals surface area (Å²) in [5.74, 6) is 0.0600. The van der Waals surface area contributed by atoms with Crippen molar-refractivity contribution in [3.05, 3.63) is 28.1 Å². The highest BCUT2D eigenvalue weighted by atomic mass is 35.5. The summed E-state index contributed by atoms with van der Waals surface area (Å²) in [4.78, 5) is 15.1. The van der Waals surface area contributed by atoms with Crippen LogP contribution in [0.25, 0.3) is 11.0 Å². The number of nitrogens with two attached hydrogens (primary N) is 1. The smallest absolute Gasteiger partial charge is 0.318 e. The zero-order valence-corrected chi connectivity index (χ0v) is 7.25. The molecule has 0 amide bonds. The number of H-pyrrole nitrogens is 1. The Hall–Kier alpha value is -1.62. The highest BCUT2D eigenvalue weighted by Gasteiger charge is 2.09. The van der Waals surface area contributed by atoms with Crippen molar-refractivity contribution in [2.45, 2.75) is 0 Å². The minimum Gasteiger partial charge on any atom is -0.365 e. The van der Waals surface area contributed by atoms with Gasteiger partial charge in [-0.1, -0.05) is 16.7 Å². The largest absolute Gasteiger partial charge is 0.365 e. The Morgan fingerprint density at radius 1 is 1.54 bits per heavy atom. The topological polar surface area (TPSA) is 77.7 Å². The third kappa shape index (κ3) is 1.33. The Balaban J connectivity index is 2.95. The number of hydrogen-bond donors (Lipinski definition) is 2. The average Bonchev–Trinajstić information content (AvgIpc) is 2.02. The van der Waals surface area contributed by atoms with Crippen molar-refractivity contribution >= 4 is 28.6 Å². The van der Waals surface area contributed by atoms with Crippen LogP contribution in [0, 0.1) is 4.91 Å². The molecule has 0 aliphatic heterocycles. The molecule has 0 aliphatic carbocycles. The van der Waals surface area contributed by atoms with Crippen LogP contribution in [0.1, 0.15) is 0 Å². The number of nitrogens with one attached hydrogen (secondary N) is 1. The molecule has 1 aromatic heterocycles. The average molecular weight is 198 g/mol. The van der Waals surface area contributed by atoms with Gasteiger partial charge in [0.1, 0.15) is 5.52 Å². The molecule has 0 radical (unpaired) electrons. The van der Waals surface area contributed by atoms with Crippen LogP contribution in [0.4, 0.5) is 5.95 Å². The van der Waals surface area contributed by atoms with Crippen LogP contribution >= 0.6 is 11.6 Å². The fourth-order valence-corrected chi connectivity index (χ4v) is 1.24. The van der Waals surface area contributed by atoms with Crippen LogP contribution < -0.4 is 10.3 Å². The fraction of sp³-hybridized carbons (Fsp3) is 0. The standard InChI is InChI=1S/C7H6ClN4O/c8-4-1-2-6-5(3-4)10-7(9)11-12(6)13/h1-3H,(H3,9,10,11,13)/q+1. The van der Waals surface area contributed by atoms with Gasteiger partial charge in [-0.25, -0.2) is 4.98 Å². The van der Waals surface area contributed by atoms with Crippen LogP contribution in [-0.4, -0.2) is 10.1 Å². The first-order chi connectivity index (χ1) is 6.16. The van der Waals surface area contributed by atoms with E-state index in [1.54, 1.807) is 18.2 Å². The highest BCUT2D eigenvalue weighted by molar-refractivity contribution is 6.31. The fourth-order valence-electron chi connectivity index (χ4n) is 1.08. The molecule has 6 heteroatoms. The van der Waals surface area contributed by atoms with Gasteiger partial charge in [-0.3, -0.25) is 0 Å². The summed E-state index contributed by atoms with van der Waals surface area (Å²) in [5.41, 5.74) is 6.22. The molecule has 0 atom stereocenters. The van der Waals surface area contributed by atoms with Crippen LogP contribution in [0.3, 0.4) is 0 Å². The van der Waals surface area contributed by atoms with E-state index in [1.807, 2.05) is 0 Å². The lowest BCUT2D eigenvalue weighted by molar-refractivity contribution is -0.535. The monoisotopic (exact) mass is 197 g/mol. The van der Waals surface area contributed by atoms with Crippen LogP contribution in [0.15, 0.2) is 18.2 Å². The van der Waals surface area contributed by atoms with Gasteiger partial charge >= 0.3 is 5.52 Å². The van der Waals surface area contributed by atoms with Crippen LogP contribution in [0.2, 0.25) is 5.02 Å². The molecule has 3 N–H and O–H groups in total. The predicted octanol–water partition coefficient (Wildman–Crippen LogP) is 0.713. The molecule has 0 unspecified atom stereocenters. The number of nitrogens with zero attached hydrogens (tertiary/aromatic N) is 2. The van der Waals surface area contributed by atoms with Crippen LogP contribution in [-0.2, 0) is 0 Å². The second kappa shape index (κ2) is 2.70. The molecule has 0 saturated carbocycles. The minimum atomic E-state index is 0.0600. The quantitative estimate of drug-likeness (QED) is 0.611. The molecule has 0 aliphatic rings. The van der Waals surface area contributed by atoms with E-state index < -0.39 is 0 Å². The van der Waals surface area contributed by atoms with Crippen molar-refractivity contribution in [3.63, 3.8) is 0 Å². The van der Waals surface area contributed by atoms with E-state index in [-0.39, 0.29) is 5.95 Å². The SMILES string of the molecule is Nc1nc2cc(Cl)ccc2[n+](=O)[nH]1. The van der Waals surface area contributed by atoms with Gasteiger partial charge in [-0.2, -0.15) is 0 Å². The number of benzene rings is 1. The summed E-state index contributed by atoms with van der Waals surface area (Å²) in [5, 5.41) is 2.84. The summed E-state index contributed by atoms with van der Waals surface area (Å²) >= 11 is 5.72. The maximum absolute atomic E-state index is 11.2. The number of aromatic amines is 1. The first kappa shape index (κ1) is 8.00. The van der Waals surface area contributed by atoms with Crippen molar-refractivity contribution in [2.24, 2.45) is 0 Å². The third-order valence-corrected chi connectivity index (χ3v) is 1.85. The summed E-state index contributed by atoms with van der Waals surface area (Å²) in [6.07, 6.45) is 0. The summed E-state index contributed by atoms with van der Waals surface area (Å²) < 4.78 is 0.550. The Morgan fingerprint density at radius 3 is 3.08 bits per heavy atom. The Morgan fingerprint density at radius 2 is 2.31 bits per heavy atom. The molecule has 2 rings (SSSR count). The molecule has 0 saturated heterocycles. The number of fused-ring (bicyclic) bond motifs is 1. The first-order valence-electron chi connectivity index (χ1n) is 3.54. The summed E-state index contributed by atoms with van der Waals surface area (Å²) in [6, 6.07) is 4.77. The van der Waals surface area contributed by atoms with Gasteiger partial charge in [0, 0.05) is 11.1 Å². The van der Waals surface area contributed by atoms with Gasteiger partial charge in [0.25, 0.3) is 5.95 Å². The molecule has 0 spiro atoms. The number of nitrogen functional groups attached to an aromatic ring is 1. The number of anilines is 1. The molecule has 2 aromatic rings. The number of aromatic nitrogens is 3. The lowest BCUT2D eigenvalue weighted by atomic mass is 10.3. The van der Waals surface area contributed by atoms with Gasteiger partial charge in [-0.15, -0.1) is 0 Å². The van der Waals surface area contributed by atoms with E-state index >= 15 is 0 Å². The van der Waals surface area contributed by atoms with E-state index in [0.717, 1.165) is 0 Å². The van der Waals surface area contributed by atoms with Gasteiger partial charge in [0.2, 0.25) is 0 Å². The zero-order chi connectivity index (χ0) is 9.42. The highest BCUT2D eigenvalue weighted by Crippen LogP contribution is 2.13. The molecule has 1 heterocycles. The van der Waals surface area contributed by atoms with E-state index in [0.29, 0.717) is 20.6 Å². The van der Waals surface area contributed by atoms with Gasteiger partial charge in [-0.05, 0) is 12.1 Å². The maximum atomic E-state index is 11.2. The molecule has 66 valence electrons. The number of rotatable bonds is 0. The lowest BCUT2D eigenvalue weighted by Gasteiger charge is -1.91. The van der Waals surface area contributed by atoms with Crippen LogP contribution in [0.5, 0.6) is 0 Å². The molecule has 0 fully saturated rings. The second-order valence-corrected chi connectivity index (χ2v) is 2.97. The Kier molecular flexibility index (Phi) is 1.66. The number of hydrogen-bond acceptors (Lipinski definition) is 3. The summed E-state index contributed by atoms with van der Waals surface area (Å²) in [6.45, 7) is 0. The van der Waals surface area contributed by atoms with Crippen molar-refractivity contribution < 1.29 is 4.54 Å². The van der Waals surface area contributed by atoms with Gasteiger partial charge in [0.05, 0.1) is 4.91 Å². The summed E-state index contributed by atoms with van der Waals surface area (Å²) in [7, 11) is 0. The predicted molar refractivity (Wildman–Crippen MR) is 48.9 cm³/mol. The third-order valence-electron chi connectivity index (χ3n) is 1.61.